The van der Waals surface area contributed by atoms with Gasteiger partial charge in [-0.3, -0.25) is 0 Å². The summed E-state index contributed by atoms with van der Waals surface area (Å²) in [5, 5.41) is 14.8. The van der Waals surface area contributed by atoms with Crippen molar-refractivity contribution >= 4 is 5.69 Å². The molecular formula is C34H37NO6. The molecule has 0 bridgehead atoms. The fraction of sp³-hybridized carbons (Fsp3) is 0.294. The van der Waals surface area contributed by atoms with Gasteiger partial charge in [-0.15, -0.1) is 0 Å². The van der Waals surface area contributed by atoms with E-state index in [0.717, 1.165) is 22.4 Å². The van der Waals surface area contributed by atoms with Gasteiger partial charge in [0.15, 0.2) is 6.29 Å². The average Bonchev–Trinajstić information content (AvgIpc) is 3.02. The second kappa shape index (κ2) is 14.8. The maximum atomic E-state index is 11.3. The number of anilines is 1. The Bertz CT molecular complexity index is 1310. The highest BCUT2D eigenvalue weighted by Crippen LogP contribution is 2.32. The highest BCUT2D eigenvalue weighted by atomic mass is 16.7. The number of nitrogens with one attached hydrogen (secondary N) is 1. The van der Waals surface area contributed by atoms with Crippen LogP contribution in [0.2, 0.25) is 0 Å². The zero-order valence-electron chi connectivity index (χ0n) is 23.2. The lowest BCUT2D eigenvalue weighted by molar-refractivity contribution is -0.270. The van der Waals surface area contributed by atoms with Gasteiger partial charge in [-0.25, -0.2) is 0 Å². The van der Waals surface area contributed by atoms with Crippen molar-refractivity contribution in [3.63, 3.8) is 0 Å². The van der Waals surface area contributed by atoms with E-state index < -0.39 is 30.6 Å². The first-order chi connectivity index (χ1) is 20.2. The molecule has 214 valence electrons. The Balaban J connectivity index is 1.41. The Labute approximate surface area is 241 Å². The highest BCUT2D eigenvalue weighted by molar-refractivity contribution is 5.57. The molecule has 7 nitrogen and oxygen atoms in total. The van der Waals surface area contributed by atoms with Gasteiger partial charge >= 0.3 is 0 Å². The first-order valence-corrected chi connectivity index (χ1v) is 13.9. The van der Waals surface area contributed by atoms with Crippen LogP contribution < -0.4 is 10.1 Å². The molecule has 1 heterocycles. The minimum atomic E-state index is -1.19. The van der Waals surface area contributed by atoms with Gasteiger partial charge < -0.3 is 34.1 Å². The van der Waals surface area contributed by atoms with Crippen LogP contribution in [-0.4, -0.2) is 49.5 Å². The van der Waals surface area contributed by atoms with Crippen molar-refractivity contribution in [1.82, 2.24) is 0 Å². The molecule has 1 aliphatic rings. The summed E-state index contributed by atoms with van der Waals surface area (Å²) >= 11 is 0. The lowest BCUT2D eigenvalue weighted by Gasteiger charge is -2.45. The van der Waals surface area contributed by atoms with Crippen molar-refractivity contribution in [2.24, 2.45) is 0 Å². The van der Waals surface area contributed by atoms with Crippen LogP contribution in [-0.2, 0) is 38.8 Å². The Morgan fingerprint density at radius 2 is 1.17 bits per heavy atom. The van der Waals surface area contributed by atoms with Crippen molar-refractivity contribution in [3.05, 3.63) is 132 Å². The highest BCUT2D eigenvalue weighted by Gasteiger charge is 2.47. The summed E-state index contributed by atoms with van der Waals surface area (Å²) in [6.07, 6.45) is -2.90. The second-order valence-corrected chi connectivity index (χ2v) is 9.96. The third kappa shape index (κ3) is 7.94. The summed E-state index contributed by atoms with van der Waals surface area (Å²) in [7, 11) is 1.61. The van der Waals surface area contributed by atoms with E-state index in [4.69, 9.17) is 23.7 Å². The predicted octanol–water partition coefficient (Wildman–Crippen LogP) is 5.58. The zero-order chi connectivity index (χ0) is 28.3. The molecule has 0 unspecified atom stereocenters. The van der Waals surface area contributed by atoms with Crippen LogP contribution in [0, 0.1) is 0 Å². The Kier molecular flexibility index (Phi) is 10.4. The van der Waals surface area contributed by atoms with Gasteiger partial charge in [0, 0.05) is 0 Å². The number of ether oxygens (including phenoxy) is 5. The summed E-state index contributed by atoms with van der Waals surface area (Å²) in [5.74, 6) is 0.650. The normalized spacial score (nSPS) is 22.2. The van der Waals surface area contributed by atoms with Crippen LogP contribution in [0.25, 0.3) is 0 Å². The maximum Gasteiger partial charge on any atom is 0.178 e. The van der Waals surface area contributed by atoms with Crippen LogP contribution in [0.3, 0.4) is 0 Å². The molecule has 4 aromatic carbocycles. The van der Waals surface area contributed by atoms with Gasteiger partial charge in [0.05, 0.1) is 39.2 Å². The molecule has 1 fully saturated rings. The number of para-hydroxylation sites is 2. The number of hydrogen-bond donors (Lipinski definition) is 2. The molecule has 1 saturated heterocycles. The van der Waals surface area contributed by atoms with Crippen molar-refractivity contribution < 1.29 is 28.8 Å². The molecule has 1 aliphatic heterocycles. The standard InChI is InChI=1S/C34H37NO6/c1-37-29-20-12-11-19-28(29)35-31-33(40-23-27-17-9-4-10-18-27)32(39-22-26-15-7-3-8-16-26)30(41-34(31)36)24-38-21-25-13-5-2-6-14-25/h2-20,30-36H,21-24H2,1H3/t30-,31-,32-,33-,34-/m1/s1. The number of aliphatic hydroxyl groups excluding tert-OH is 1. The molecule has 0 spiro atoms. The van der Waals surface area contributed by atoms with E-state index in [0.29, 0.717) is 25.6 Å². The fourth-order valence-electron chi connectivity index (χ4n) is 4.95. The summed E-state index contributed by atoms with van der Waals surface area (Å²) in [4.78, 5) is 0. The summed E-state index contributed by atoms with van der Waals surface area (Å²) < 4.78 is 30.9. The molecule has 0 radical (unpaired) electrons. The van der Waals surface area contributed by atoms with E-state index in [1.807, 2.05) is 115 Å². The van der Waals surface area contributed by atoms with E-state index >= 15 is 0 Å². The minimum absolute atomic E-state index is 0.220. The second-order valence-electron chi connectivity index (χ2n) is 9.96. The molecule has 5 atom stereocenters. The molecule has 5 rings (SSSR count). The lowest BCUT2D eigenvalue weighted by Crippen LogP contribution is -2.62. The minimum Gasteiger partial charge on any atom is -0.495 e. The van der Waals surface area contributed by atoms with Gasteiger partial charge in [-0.2, -0.15) is 0 Å². The quantitative estimate of drug-likeness (QED) is 0.223. The summed E-state index contributed by atoms with van der Waals surface area (Å²) in [6, 6.07) is 36.8. The number of rotatable bonds is 13. The fourth-order valence-corrected chi connectivity index (χ4v) is 4.95. The van der Waals surface area contributed by atoms with Crippen LogP contribution in [0.5, 0.6) is 5.75 Å². The van der Waals surface area contributed by atoms with Gasteiger partial charge in [0.1, 0.15) is 30.1 Å². The molecule has 0 aromatic heterocycles. The number of aliphatic hydroxyl groups is 1. The predicted molar refractivity (Wildman–Crippen MR) is 157 cm³/mol. The molecule has 7 heteroatoms. The number of methoxy groups -OCH3 is 1. The summed E-state index contributed by atoms with van der Waals surface area (Å²) in [5.41, 5.74) is 3.82. The molecule has 0 aliphatic carbocycles. The van der Waals surface area contributed by atoms with Gasteiger partial charge in [-0.05, 0) is 28.8 Å². The lowest BCUT2D eigenvalue weighted by atomic mass is 9.95. The molecule has 41 heavy (non-hydrogen) atoms. The Morgan fingerprint density at radius 1 is 0.659 bits per heavy atom. The van der Waals surface area contributed by atoms with Crippen LogP contribution in [0.15, 0.2) is 115 Å². The number of benzene rings is 4. The van der Waals surface area contributed by atoms with E-state index in [-0.39, 0.29) is 6.61 Å². The van der Waals surface area contributed by atoms with E-state index in [9.17, 15) is 5.11 Å². The van der Waals surface area contributed by atoms with Crippen LogP contribution in [0.1, 0.15) is 16.7 Å². The first-order valence-electron chi connectivity index (χ1n) is 13.9. The summed E-state index contributed by atoms with van der Waals surface area (Å²) in [6.45, 7) is 1.33. The maximum absolute atomic E-state index is 11.3. The molecule has 4 aromatic rings. The molecule has 0 amide bonds. The molecule has 0 saturated carbocycles. The number of hydrogen-bond acceptors (Lipinski definition) is 7. The van der Waals surface area contributed by atoms with Crippen LogP contribution >= 0.6 is 0 Å². The van der Waals surface area contributed by atoms with Gasteiger partial charge in [-0.1, -0.05) is 103 Å². The third-order valence-corrected chi connectivity index (χ3v) is 7.06. The first kappa shape index (κ1) is 28.8. The third-order valence-electron chi connectivity index (χ3n) is 7.06. The van der Waals surface area contributed by atoms with E-state index in [2.05, 4.69) is 5.32 Å². The van der Waals surface area contributed by atoms with Crippen LogP contribution in [0.4, 0.5) is 5.69 Å². The zero-order valence-corrected chi connectivity index (χ0v) is 23.2. The smallest absolute Gasteiger partial charge is 0.178 e. The SMILES string of the molecule is COc1ccccc1N[C@@H]1[C@@H](OCc2ccccc2)[C@H](OCc2ccccc2)[C@@H](COCc2ccccc2)O[C@H]1O. The molecule has 2 N–H and O–H groups in total. The van der Waals surface area contributed by atoms with Crippen molar-refractivity contribution in [3.8, 4) is 5.75 Å². The average molecular weight is 556 g/mol. The van der Waals surface area contributed by atoms with Crippen molar-refractivity contribution in [2.75, 3.05) is 19.0 Å². The van der Waals surface area contributed by atoms with Gasteiger partial charge in [0.2, 0.25) is 0 Å². The topological polar surface area (TPSA) is 78.4 Å². The Morgan fingerprint density at radius 3 is 1.76 bits per heavy atom. The van der Waals surface area contributed by atoms with E-state index in [1.54, 1.807) is 7.11 Å². The largest absolute Gasteiger partial charge is 0.495 e. The van der Waals surface area contributed by atoms with E-state index in [1.165, 1.54) is 0 Å². The van der Waals surface area contributed by atoms with Crippen molar-refractivity contribution in [1.29, 1.82) is 0 Å². The monoisotopic (exact) mass is 555 g/mol. The molecular weight excluding hydrogens is 518 g/mol. The van der Waals surface area contributed by atoms with Crippen molar-refractivity contribution in [2.45, 2.75) is 50.5 Å². The Hall–Kier alpha value is -3.72. The van der Waals surface area contributed by atoms with Gasteiger partial charge in [0.25, 0.3) is 0 Å².